The number of hydrogen-bond donors (Lipinski definition) is 1. The summed E-state index contributed by atoms with van der Waals surface area (Å²) in [6, 6.07) is 3.18. The van der Waals surface area contributed by atoms with E-state index in [0.717, 1.165) is 0 Å². The lowest BCUT2D eigenvalue weighted by atomic mass is 10.1. The van der Waals surface area contributed by atoms with Crippen LogP contribution >= 0.6 is 22.9 Å². The van der Waals surface area contributed by atoms with E-state index in [1.165, 1.54) is 11.3 Å². The summed E-state index contributed by atoms with van der Waals surface area (Å²) < 4.78 is 0.619. The first-order valence-corrected chi connectivity index (χ1v) is 6.29. The number of halogens is 1. The third kappa shape index (κ3) is 3.04. The van der Waals surface area contributed by atoms with Crippen LogP contribution in [-0.4, -0.2) is 41.5 Å². The highest BCUT2D eigenvalue weighted by atomic mass is 35.5. The number of aliphatic hydroxyl groups is 1. The van der Waals surface area contributed by atoms with E-state index in [1.54, 1.807) is 12.1 Å². The lowest BCUT2D eigenvalue weighted by molar-refractivity contribution is 0.0767. The van der Waals surface area contributed by atoms with Gasteiger partial charge in [0.05, 0.1) is 21.9 Å². The summed E-state index contributed by atoms with van der Waals surface area (Å²) >= 11 is 7.08. The van der Waals surface area contributed by atoms with Crippen LogP contribution in [0.3, 0.4) is 0 Å². The fraction of sp³-hybridized carbons (Fsp3) is 0.545. The van der Waals surface area contributed by atoms with Crippen LogP contribution < -0.4 is 0 Å². The summed E-state index contributed by atoms with van der Waals surface area (Å²) in [7, 11) is 1.83. The van der Waals surface area contributed by atoms with Crippen molar-refractivity contribution in [3.05, 3.63) is 21.3 Å². The van der Waals surface area contributed by atoms with E-state index in [1.807, 2.05) is 25.8 Å². The number of aliphatic hydroxyl groups excluding tert-OH is 1. The van der Waals surface area contributed by atoms with Crippen LogP contribution in [0.1, 0.15) is 23.5 Å². The molecule has 0 radical (unpaired) electrons. The van der Waals surface area contributed by atoms with Gasteiger partial charge in [0.25, 0.3) is 0 Å². The molecule has 0 spiro atoms. The first-order chi connectivity index (χ1) is 7.47. The highest BCUT2D eigenvalue weighted by Gasteiger charge is 2.23. The fourth-order valence-electron chi connectivity index (χ4n) is 1.35. The van der Waals surface area contributed by atoms with Crippen molar-refractivity contribution in [1.29, 1.82) is 0 Å². The molecular formula is C11H16ClNO2S. The minimum atomic E-state index is -0.253. The number of carbonyl (C=O) groups is 1. The molecule has 3 nitrogen and oxygen atoms in total. The van der Waals surface area contributed by atoms with E-state index >= 15 is 0 Å². The first-order valence-electron chi connectivity index (χ1n) is 5.09. The molecule has 16 heavy (non-hydrogen) atoms. The summed E-state index contributed by atoms with van der Waals surface area (Å²) in [6.07, 6.45) is 0. The Bertz CT molecular complexity index is 367. The molecule has 1 N–H and O–H groups in total. The minimum Gasteiger partial charge on any atom is -0.395 e. The molecule has 0 aliphatic rings. The van der Waals surface area contributed by atoms with Gasteiger partial charge in [0.1, 0.15) is 0 Å². The number of nitrogens with zero attached hydrogens (tertiary/aromatic N) is 1. The van der Waals surface area contributed by atoms with E-state index in [0.29, 0.717) is 9.21 Å². The van der Waals surface area contributed by atoms with E-state index in [2.05, 4.69) is 0 Å². The maximum Gasteiger partial charge on any atom is 0.189 e. The largest absolute Gasteiger partial charge is 0.395 e. The van der Waals surface area contributed by atoms with Gasteiger partial charge < -0.3 is 5.11 Å². The molecule has 0 bridgehead atoms. The third-order valence-electron chi connectivity index (χ3n) is 2.77. The maximum absolute atomic E-state index is 12.0. The van der Waals surface area contributed by atoms with Gasteiger partial charge in [-0.25, -0.2) is 0 Å². The Hall–Kier alpha value is -0.420. The molecule has 2 unspecified atom stereocenters. The van der Waals surface area contributed by atoms with Crippen molar-refractivity contribution >= 4 is 28.7 Å². The Morgan fingerprint density at radius 1 is 1.56 bits per heavy atom. The molecule has 0 aliphatic carbocycles. The van der Waals surface area contributed by atoms with Gasteiger partial charge in [-0.1, -0.05) is 11.6 Å². The Morgan fingerprint density at radius 2 is 2.19 bits per heavy atom. The predicted octanol–water partition coefficient (Wildman–Crippen LogP) is 2.29. The topological polar surface area (TPSA) is 40.5 Å². The van der Waals surface area contributed by atoms with Gasteiger partial charge in [-0.2, -0.15) is 0 Å². The van der Waals surface area contributed by atoms with Gasteiger partial charge in [0.15, 0.2) is 5.78 Å². The number of rotatable bonds is 5. The van der Waals surface area contributed by atoms with Crippen LogP contribution in [0.5, 0.6) is 0 Å². The van der Waals surface area contributed by atoms with Crippen molar-refractivity contribution in [2.75, 3.05) is 13.7 Å². The monoisotopic (exact) mass is 261 g/mol. The van der Waals surface area contributed by atoms with Gasteiger partial charge >= 0.3 is 0 Å². The van der Waals surface area contributed by atoms with Crippen LogP contribution in [-0.2, 0) is 0 Å². The zero-order valence-electron chi connectivity index (χ0n) is 9.61. The Morgan fingerprint density at radius 3 is 2.62 bits per heavy atom. The maximum atomic E-state index is 12.0. The predicted molar refractivity (Wildman–Crippen MR) is 67.4 cm³/mol. The average Bonchev–Trinajstić information content (AvgIpc) is 2.71. The quantitative estimate of drug-likeness (QED) is 0.827. The smallest absolute Gasteiger partial charge is 0.189 e. The molecule has 0 fully saturated rings. The molecule has 1 rings (SSSR count). The molecule has 0 amide bonds. The van der Waals surface area contributed by atoms with Gasteiger partial charge in [-0.3, -0.25) is 9.69 Å². The Balaban J connectivity index is 2.74. The molecule has 2 atom stereocenters. The zero-order chi connectivity index (χ0) is 12.3. The van der Waals surface area contributed by atoms with Crippen LogP contribution in [0.2, 0.25) is 4.34 Å². The van der Waals surface area contributed by atoms with Gasteiger partial charge in [0.2, 0.25) is 0 Å². The lowest BCUT2D eigenvalue weighted by Crippen LogP contribution is -2.43. The van der Waals surface area contributed by atoms with Gasteiger partial charge in [-0.05, 0) is 33.0 Å². The second-order valence-electron chi connectivity index (χ2n) is 3.84. The Kier molecular flexibility index (Phi) is 4.92. The molecule has 90 valence electrons. The SMILES string of the molecule is CC(CO)N(C)C(C)C(=O)c1ccc(Cl)s1. The highest BCUT2D eigenvalue weighted by molar-refractivity contribution is 7.18. The molecule has 0 saturated carbocycles. The van der Waals surface area contributed by atoms with Crippen LogP contribution in [0.25, 0.3) is 0 Å². The second kappa shape index (κ2) is 5.77. The normalized spacial score (nSPS) is 15.1. The number of hydrogen-bond acceptors (Lipinski definition) is 4. The van der Waals surface area contributed by atoms with Crippen molar-refractivity contribution in [2.24, 2.45) is 0 Å². The molecule has 0 aliphatic heterocycles. The summed E-state index contributed by atoms with van der Waals surface area (Å²) in [5.74, 6) is 0.0414. The molecule has 0 saturated heterocycles. The van der Waals surface area contributed by atoms with Crippen LogP contribution in [0.4, 0.5) is 0 Å². The van der Waals surface area contributed by atoms with E-state index in [9.17, 15) is 4.79 Å². The van der Waals surface area contributed by atoms with Crippen molar-refractivity contribution in [1.82, 2.24) is 4.90 Å². The van der Waals surface area contributed by atoms with E-state index < -0.39 is 0 Å². The number of ketones is 1. The summed E-state index contributed by atoms with van der Waals surface area (Å²) in [5.41, 5.74) is 0. The first kappa shape index (κ1) is 13.6. The summed E-state index contributed by atoms with van der Waals surface area (Å²) in [6.45, 7) is 3.76. The standard InChI is InChI=1S/C11H16ClNO2S/c1-7(6-14)13(3)8(2)11(15)9-4-5-10(12)16-9/h4-5,7-8,14H,6H2,1-3H3. The van der Waals surface area contributed by atoms with Crippen LogP contribution in [0.15, 0.2) is 12.1 Å². The number of Topliss-reactive ketones (excluding diaryl/α,β-unsaturated/α-hetero) is 1. The lowest BCUT2D eigenvalue weighted by Gasteiger charge is -2.28. The number of likely N-dealkylation sites (N-methyl/N-ethyl adjacent to an activating group) is 1. The number of thiophene rings is 1. The molecule has 1 heterocycles. The molecule has 1 aromatic heterocycles. The summed E-state index contributed by atoms with van der Waals surface area (Å²) in [4.78, 5) is 14.6. The molecule has 1 aromatic rings. The van der Waals surface area contributed by atoms with Crippen molar-refractivity contribution in [3.63, 3.8) is 0 Å². The summed E-state index contributed by atoms with van der Waals surface area (Å²) in [5, 5.41) is 9.04. The van der Waals surface area contributed by atoms with Crippen molar-refractivity contribution in [3.8, 4) is 0 Å². The van der Waals surface area contributed by atoms with E-state index in [4.69, 9.17) is 16.7 Å². The van der Waals surface area contributed by atoms with Crippen molar-refractivity contribution in [2.45, 2.75) is 25.9 Å². The zero-order valence-corrected chi connectivity index (χ0v) is 11.2. The van der Waals surface area contributed by atoms with Gasteiger partial charge in [-0.15, -0.1) is 11.3 Å². The number of carbonyl (C=O) groups excluding carboxylic acids is 1. The molecule has 5 heteroatoms. The second-order valence-corrected chi connectivity index (χ2v) is 5.56. The molecular weight excluding hydrogens is 246 g/mol. The Labute approximate surface area is 105 Å². The third-order valence-corrected chi connectivity index (χ3v) is 4.01. The van der Waals surface area contributed by atoms with Crippen LogP contribution in [0, 0.1) is 0 Å². The fourth-order valence-corrected chi connectivity index (χ4v) is 2.41. The average molecular weight is 262 g/mol. The minimum absolute atomic E-state index is 0.0330. The highest BCUT2D eigenvalue weighted by Crippen LogP contribution is 2.23. The van der Waals surface area contributed by atoms with Gasteiger partial charge in [0, 0.05) is 6.04 Å². The van der Waals surface area contributed by atoms with E-state index in [-0.39, 0.29) is 24.5 Å². The van der Waals surface area contributed by atoms with Crippen molar-refractivity contribution < 1.29 is 9.90 Å². The molecule has 0 aromatic carbocycles.